The second kappa shape index (κ2) is 6.14. The van der Waals surface area contributed by atoms with Crippen molar-refractivity contribution in [2.24, 2.45) is 7.05 Å². The van der Waals surface area contributed by atoms with Crippen LogP contribution in [0.15, 0.2) is 42.5 Å². The van der Waals surface area contributed by atoms with Crippen LogP contribution in [0.5, 0.6) is 0 Å². The van der Waals surface area contributed by atoms with Crippen LogP contribution in [-0.4, -0.2) is 10.4 Å². The molecule has 2 nitrogen and oxygen atoms in total. The van der Waals surface area contributed by atoms with Crippen molar-refractivity contribution in [2.75, 3.05) is 0 Å². The van der Waals surface area contributed by atoms with E-state index < -0.39 is 0 Å². The predicted molar refractivity (Wildman–Crippen MR) is 98.7 cm³/mol. The number of rotatable bonds is 3. The van der Waals surface area contributed by atoms with Crippen LogP contribution in [-0.2, 0) is 13.5 Å². The van der Waals surface area contributed by atoms with E-state index in [-0.39, 0.29) is 17.5 Å². The van der Waals surface area contributed by atoms with Gasteiger partial charge < -0.3 is 4.57 Å². The van der Waals surface area contributed by atoms with Gasteiger partial charge in [0.2, 0.25) is 0 Å². The maximum absolute atomic E-state index is 13.8. The molecule has 3 heteroatoms. The first kappa shape index (κ1) is 16.1. The lowest BCUT2D eigenvalue weighted by Gasteiger charge is -2.23. The number of nitrogens with zero attached hydrogens (tertiary/aromatic N) is 1. The van der Waals surface area contributed by atoms with Crippen LogP contribution in [0.4, 0.5) is 4.39 Å². The molecule has 128 valence electrons. The summed E-state index contributed by atoms with van der Waals surface area (Å²) in [6.45, 7) is 2.02. The standard InChI is InChI=1S/C22H22FNO/c1-14-6-8-15(9-7-14)21(25)12-16-4-3-5-20-22(16)18-13-17(23)10-11-19(18)24(20)2/h6-11,13,16H,3-5,12H2,1-2H3. The quantitative estimate of drug-likeness (QED) is 0.594. The van der Waals surface area contributed by atoms with Crippen molar-refractivity contribution in [3.63, 3.8) is 0 Å². The SMILES string of the molecule is Cc1ccc(C(=O)CC2CCCc3c2c2cc(F)ccc2n3C)cc1. The van der Waals surface area contributed by atoms with Gasteiger partial charge in [0.15, 0.2) is 5.78 Å². The lowest BCUT2D eigenvalue weighted by Crippen LogP contribution is -2.15. The molecule has 0 fully saturated rings. The number of carbonyl (C=O) groups excluding carboxylic acids is 1. The summed E-state index contributed by atoms with van der Waals surface area (Å²) in [5.41, 5.74) is 5.42. The molecule has 0 bridgehead atoms. The van der Waals surface area contributed by atoms with Crippen molar-refractivity contribution in [2.45, 2.75) is 38.5 Å². The minimum absolute atomic E-state index is 0.169. The summed E-state index contributed by atoms with van der Waals surface area (Å²) >= 11 is 0. The van der Waals surface area contributed by atoms with Gasteiger partial charge in [-0.15, -0.1) is 0 Å². The highest BCUT2D eigenvalue weighted by Gasteiger charge is 2.28. The van der Waals surface area contributed by atoms with Crippen LogP contribution in [0.1, 0.15) is 52.4 Å². The largest absolute Gasteiger partial charge is 0.347 e. The first-order chi connectivity index (χ1) is 12.0. The van der Waals surface area contributed by atoms with Crippen LogP contribution >= 0.6 is 0 Å². The van der Waals surface area contributed by atoms with Crippen molar-refractivity contribution in [1.82, 2.24) is 4.57 Å². The number of aromatic nitrogens is 1. The van der Waals surface area contributed by atoms with E-state index in [4.69, 9.17) is 0 Å². The number of benzene rings is 2. The normalized spacial score (nSPS) is 16.8. The van der Waals surface area contributed by atoms with Gasteiger partial charge >= 0.3 is 0 Å². The zero-order valence-electron chi connectivity index (χ0n) is 14.7. The van der Waals surface area contributed by atoms with E-state index in [0.29, 0.717) is 6.42 Å². The molecular formula is C22H22FNO. The number of aryl methyl sites for hydroxylation is 2. The van der Waals surface area contributed by atoms with Gasteiger partial charge in [-0.25, -0.2) is 4.39 Å². The van der Waals surface area contributed by atoms with Crippen LogP contribution in [0.3, 0.4) is 0 Å². The Morgan fingerprint density at radius 1 is 1.20 bits per heavy atom. The first-order valence-electron chi connectivity index (χ1n) is 8.91. The van der Waals surface area contributed by atoms with Crippen molar-refractivity contribution in [3.05, 3.63) is 70.7 Å². The Morgan fingerprint density at radius 3 is 2.72 bits per heavy atom. The van der Waals surface area contributed by atoms with Crippen LogP contribution < -0.4 is 0 Å². The summed E-state index contributed by atoms with van der Waals surface area (Å²) in [5.74, 6) is 0.129. The van der Waals surface area contributed by atoms with Crippen LogP contribution in [0.2, 0.25) is 0 Å². The molecule has 2 aromatic carbocycles. The monoisotopic (exact) mass is 335 g/mol. The third-order valence-corrected chi connectivity index (χ3v) is 5.51. The van der Waals surface area contributed by atoms with E-state index >= 15 is 0 Å². The molecule has 1 aliphatic carbocycles. The maximum Gasteiger partial charge on any atom is 0.163 e. The molecule has 0 radical (unpaired) electrons. The molecule has 0 saturated heterocycles. The van der Waals surface area contributed by atoms with Gasteiger partial charge in [0, 0.05) is 35.6 Å². The Morgan fingerprint density at radius 2 is 1.96 bits per heavy atom. The average molecular weight is 335 g/mol. The predicted octanol–water partition coefficient (Wildman–Crippen LogP) is 5.32. The molecule has 0 amide bonds. The minimum Gasteiger partial charge on any atom is -0.347 e. The molecule has 1 atom stereocenters. The summed E-state index contributed by atoms with van der Waals surface area (Å²) in [5, 5.41) is 0.971. The molecule has 1 heterocycles. The second-order valence-corrected chi connectivity index (χ2v) is 7.16. The van der Waals surface area contributed by atoms with E-state index in [1.165, 1.54) is 17.3 Å². The molecule has 0 aliphatic heterocycles. The van der Waals surface area contributed by atoms with Gasteiger partial charge in [-0.2, -0.15) is 0 Å². The maximum atomic E-state index is 13.8. The average Bonchev–Trinajstić information content (AvgIpc) is 2.88. The fraction of sp³-hybridized carbons (Fsp3) is 0.318. The van der Waals surface area contributed by atoms with E-state index in [1.54, 1.807) is 6.07 Å². The second-order valence-electron chi connectivity index (χ2n) is 7.16. The highest BCUT2D eigenvalue weighted by molar-refractivity contribution is 5.97. The Kier molecular flexibility index (Phi) is 3.95. The Labute approximate surface area is 147 Å². The number of ketones is 1. The van der Waals surface area contributed by atoms with Gasteiger partial charge in [0.05, 0.1) is 0 Å². The van der Waals surface area contributed by atoms with E-state index in [0.717, 1.165) is 41.3 Å². The highest BCUT2D eigenvalue weighted by atomic mass is 19.1. The molecule has 0 N–H and O–H groups in total. The number of hydrogen-bond donors (Lipinski definition) is 0. The van der Waals surface area contributed by atoms with Crippen molar-refractivity contribution >= 4 is 16.7 Å². The summed E-state index contributed by atoms with van der Waals surface area (Å²) in [6, 6.07) is 12.8. The minimum atomic E-state index is -0.213. The van der Waals surface area contributed by atoms with Crippen molar-refractivity contribution in [3.8, 4) is 0 Å². The van der Waals surface area contributed by atoms with E-state index in [2.05, 4.69) is 4.57 Å². The molecule has 1 aromatic heterocycles. The van der Waals surface area contributed by atoms with E-state index in [9.17, 15) is 9.18 Å². The summed E-state index contributed by atoms with van der Waals surface area (Å²) in [6.07, 6.45) is 3.55. The number of halogens is 1. The molecule has 0 spiro atoms. The molecule has 4 rings (SSSR count). The Hall–Kier alpha value is -2.42. The lowest BCUT2D eigenvalue weighted by atomic mass is 9.81. The fourth-order valence-electron chi connectivity index (χ4n) is 4.20. The molecule has 1 unspecified atom stereocenters. The summed E-state index contributed by atoms with van der Waals surface area (Å²) in [7, 11) is 2.04. The lowest BCUT2D eigenvalue weighted by molar-refractivity contribution is 0.0971. The molecule has 25 heavy (non-hydrogen) atoms. The summed E-state index contributed by atoms with van der Waals surface area (Å²) in [4.78, 5) is 12.8. The van der Waals surface area contributed by atoms with Gasteiger partial charge in [-0.3, -0.25) is 4.79 Å². The van der Waals surface area contributed by atoms with Crippen molar-refractivity contribution in [1.29, 1.82) is 0 Å². The molecule has 1 aliphatic rings. The zero-order chi connectivity index (χ0) is 17.6. The fourth-order valence-corrected chi connectivity index (χ4v) is 4.20. The van der Waals surface area contributed by atoms with E-state index in [1.807, 2.05) is 44.3 Å². The Balaban J connectivity index is 1.73. The van der Waals surface area contributed by atoms with Gasteiger partial charge in [0.25, 0.3) is 0 Å². The topological polar surface area (TPSA) is 22.0 Å². The third-order valence-electron chi connectivity index (χ3n) is 5.51. The highest BCUT2D eigenvalue weighted by Crippen LogP contribution is 2.41. The van der Waals surface area contributed by atoms with Crippen LogP contribution in [0.25, 0.3) is 10.9 Å². The number of carbonyl (C=O) groups is 1. The zero-order valence-corrected chi connectivity index (χ0v) is 14.7. The van der Waals surface area contributed by atoms with Crippen LogP contribution in [0, 0.1) is 12.7 Å². The third kappa shape index (κ3) is 2.78. The van der Waals surface area contributed by atoms with Gasteiger partial charge in [-0.05, 0) is 55.9 Å². The van der Waals surface area contributed by atoms with Gasteiger partial charge in [0.1, 0.15) is 5.82 Å². The smallest absolute Gasteiger partial charge is 0.163 e. The van der Waals surface area contributed by atoms with Crippen molar-refractivity contribution < 1.29 is 9.18 Å². The number of Topliss-reactive ketones (excluding diaryl/α,β-unsaturated/α-hetero) is 1. The first-order valence-corrected chi connectivity index (χ1v) is 8.91. The molecular weight excluding hydrogens is 313 g/mol. The Bertz CT molecular complexity index is 952. The molecule has 3 aromatic rings. The summed E-state index contributed by atoms with van der Waals surface area (Å²) < 4.78 is 16.0. The number of fused-ring (bicyclic) bond motifs is 3. The van der Waals surface area contributed by atoms with Gasteiger partial charge in [-0.1, -0.05) is 29.8 Å². The molecule has 0 saturated carbocycles. The number of hydrogen-bond acceptors (Lipinski definition) is 1.